The Kier molecular flexibility index (Phi) is 4.07. The van der Waals surface area contributed by atoms with Crippen LogP contribution in [0.2, 0.25) is 0 Å². The Balaban J connectivity index is 1.66. The molecule has 4 nitrogen and oxygen atoms in total. The molecule has 0 radical (unpaired) electrons. The summed E-state index contributed by atoms with van der Waals surface area (Å²) in [4.78, 5) is 0. The quantitative estimate of drug-likeness (QED) is 0.860. The van der Waals surface area contributed by atoms with Crippen LogP contribution in [-0.2, 0) is 11.2 Å². The van der Waals surface area contributed by atoms with Crippen molar-refractivity contribution in [3.63, 3.8) is 0 Å². The molecule has 2 aliphatic heterocycles. The van der Waals surface area contributed by atoms with Gasteiger partial charge in [0.15, 0.2) is 11.5 Å². The summed E-state index contributed by atoms with van der Waals surface area (Å²) in [5, 5.41) is 0. The van der Waals surface area contributed by atoms with Crippen molar-refractivity contribution < 1.29 is 18.9 Å². The lowest BCUT2D eigenvalue weighted by atomic mass is 9.80. The number of ether oxygens (including phenoxy) is 4. The Labute approximate surface area is 142 Å². The Morgan fingerprint density at radius 2 is 1.83 bits per heavy atom. The number of hydrogen-bond donors (Lipinski definition) is 0. The van der Waals surface area contributed by atoms with Gasteiger partial charge in [0, 0.05) is 12.3 Å². The monoisotopic (exact) mass is 326 g/mol. The molecule has 1 saturated heterocycles. The Morgan fingerprint density at radius 1 is 1.00 bits per heavy atom. The number of benzene rings is 2. The molecule has 126 valence electrons. The molecular weight excluding hydrogens is 304 g/mol. The number of para-hydroxylation sites is 1. The Hall–Kier alpha value is -2.20. The van der Waals surface area contributed by atoms with Crippen LogP contribution in [0.4, 0.5) is 0 Å². The molecule has 0 bridgehead atoms. The van der Waals surface area contributed by atoms with E-state index < -0.39 is 0 Å². The van der Waals surface area contributed by atoms with Crippen molar-refractivity contribution in [1.82, 2.24) is 0 Å². The SMILES string of the molecule is COc1ccc([C@@H]2OCC[C@@H]3Oc4ccccc4C[C@H]32)cc1OC. The third kappa shape index (κ3) is 2.61. The lowest BCUT2D eigenvalue weighted by Gasteiger charge is -2.42. The van der Waals surface area contributed by atoms with E-state index in [1.807, 2.05) is 18.2 Å². The highest BCUT2D eigenvalue weighted by Crippen LogP contribution is 2.44. The van der Waals surface area contributed by atoms with Gasteiger partial charge in [0.25, 0.3) is 0 Å². The van der Waals surface area contributed by atoms with Gasteiger partial charge < -0.3 is 18.9 Å². The smallest absolute Gasteiger partial charge is 0.161 e. The van der Waals surface area contributed by atoms with Gasteiger partial charge in [-0.05, 0) is 35.7 Å². The molecule has 0 N–H and O–H groups in total. The van der Waals surface area contributed by atoms with E-state index in [9.17, 15) is 0 Å². The van der Waals surface area contributed by atoms with E-state index >= 15 is 0 Å². The molecule has 0 saturated carbocycles. The molecule has 0 aliphatic carbocycles. The first kappa shape index (κ1) is 15.3. The molecular formula is C20H22O4. The second-order valence-corrected chi connectivity index (χ2v) is 6.33. The molecule has 0 aromatic heterocycles. The van der Waals surface area contributed by atoms with E-state index in [2.05, 4.69) is 24.3 Å². The van der Waals surface area contributed by atoms with Crippen molar-refractivity contribution in [1.29, 1.82) is 0 Å². The zero-order valence-corrected chi connectivity index (χ0v) is 14.0. The van der Waals surface area contributed by atoms with Crippen molar-refractivity contribution in [3.8, 4) is 17.2 Å². The Morgan fingerprint density at radius 3 is 2.67 bits per heavy atom. The minimum Gasteiger partial charge on any atom is -0.493 e. The van der Waals surface area contributed by atoms with Gasteiger partial charge in [-0.3, -0.25) is 0 Å². The van der Waals surface area contributed by atoms with Crippen LogP contribution >= 0.6 is 0 Å². The summed E-state index contributed by atoms with van der Waals surface area (Å²) in [7, 11) is 3.31. The molecule has 0 unspecified atom stereocenters. The van der Waals surface area contributed by atoms with E-state index in [0.717, 1.165) is 35.7 Å². The number of fused-ring (bicyclic) bond motifs is 2. The van der Waals surface area contributed by atoms with Crippen molar-refractivity contribution in [2.75, 3.05) is 20.8 Å². The third-order valence-electron chi connectivity index (χ3n) is 5.01. The predicted octanol–water partition coefficient (Wildman–Crippen LogP) is 3.79. The molecule has 4 rings (SSSR count). The first-order valence-corrected chi connectivity index (χ1v) is 8.38. The molecule has 2 aromatic rings. The third-order valence-corrected chi connectivity index (χ3v) is 5.01. The average molecular weight is 326 g/mol. The summed E-state index contributed by atoms with van der Waals surface area (Å²) in [6, 6.07) is 14.3. The fraction of sp³-hybridized carbons (Fsp3) is 0.400. The minimum atomic E-state index is 0.0110. The van der Waals surface area contributed by atoms with Crippen LogP contribution in [0, 0.1) is 5.92 Å². The van der Waals surface area contributed by atoms with Crippen molar-refractivity contribution in [2.24, 2.45) is 5.92 Å². The molecule has 24 heavy (non-hydrogen) atoms. The van der Waals surface area contributed by atoms with E-state index in [1.54, 1.807) is 14.2 Å². The first-order chi connectivity index (χ1) is 11.8. The second-order valence-electron chi connectivity index (χ2n) is 6.33. The Bertz CT molecular complexity index is 727. The molecule has 2 aromatic carbocycles. The molecule has 0 spiro atoms. The highest BCUT2D eigenvalue weighted by atomic mass is 16.5. The molecule has 0 amide bonds. The zero-order chi connectivity index (χ0) is 16.5. The maximum atomic E-state index is 6.25. The zero-order valence-electron chi connectivity index (χ0n) is 14.0. The number of hydrogen-bond acceptors (Lipinski definition) is 4. The highest BCUT2D eigenvalue weighted by molar-refractivity contribution is 5.44. The van der Waals surface area contributed by atoms with Gasteiger partial charge in [-0.2, -0.15) is 0 Å². The molecule has 3 atom stereocenters. The van der Waals surface area contributed by atoms with Crippen molar-refractivity contribution >= 4 is 0 Å². The van der Waals surface area contributed by atoms with E-state index in [4.69, 9.17) is 18.9 Å². The maximum absolute atomic E-state index is 6.25. The number of methoxy groups -OCH3 is 2. The van der Waals surface area contributed by atoms with Crippen LogP contribution in [0.5, 0.6) is 17.2 Å². The van der Waals surface area contributed by atoms with Gasteiger partial charge in [-0.15, -0.1) is 0 Å². The normalized spacial score (nSPS) is 25.2. The molecule has 4 heteroatoms. The van der Waals surface area contributed by atoms with Crippen LogP contribution in [0.1, 0.15) is 23.7 Å². The predicted molar refractivity (Wildman–Crippen MR) is 90.9 cm³/mol. The number of rotatable bonds is 3. The molecule has 2 aliphatic rings. The fourth-order valence-corrected chi connectivity index (χ4v) is 3.81. The van der Waals surface area contributed by atoms with Crippen molar-refractivity contribution in [3.05, 3.63) is 53.6 Å². The summed E-state index contributed by atoms with van der Waals surface area (Å²) in [5.41, 5.74) is 2.38. The van der Waals surface area contributed by atoms with Crippen LogP contribution in [-0.4, -0.2) is 26.9 Å². The minimum absolute atomic E-state index is 0.0110. The second kappa shape index (κ2) is 6.36. The topological polar surface area (TPSA) is 36.9 Å². The summed E-state index contributed by atoms with van der Waals surface area (Å²) < 4.78 is 23.2. The van der Waals surface area contributed by atoms with Gasteiger partial charge >= 0.3 is 0 Å². The van der Waals surface area contributed by atoms with Crippen LogP contribution in [0.25, 0.3) is 0 Å². The average Bonchev–Trinajstić information content (AvgIpc) is 2.65. The van der Waals surface area contributed by atoms with Gasteiger partial charge in [-0.1, -0.05) is 24.3 Å². The summed E-state index contributed by atoms with van der Waals surface area (Å²) >= 11 is 0. The lowest BCUT2D eigenvalue weighted by Crippen LogP contribution is -2.42. The highest BCUT2D eigenvalue weighted by Gasteiger charge is 2.40. The van der Waals surface area contributed by atoms with Gasteiger partial charge in [0.1, 0.15) is 11.9 Å². The van der Waals surface area contributed by atoms with Gasteiger partial charge in [0.2, 0.25) is 0 Å². The van der Waals surface area contributed by atoms with Crippen molar-refractivity contribution in [2.45, 2.75) is 25.0 Å². The summed E-state index contributed by atoms with van der Waals surface area (Å²) in [6.07, 6.45) is 2.12. The van der Waals surface area contributed by atoms with E-state index in [-0.39, 0.29) is 12.2 Å². The standard InChI is InChI=1S/C20H22O4/c1-21-18-8-7-14(12-19(18)22-2)20-15-11-13-5-3-4-6-16(13)24-17(15)9-10-23-20/h3-8,12,15,17,20H,9-11H2,1-2H3/t15-,17+,20+/m1/s1. The van der Waals surface area contributed by atoms with Crippen LogP contribution < -0.4 is 14.2 Å². The van der Waals surface area contributed by atoms with Gasteiger partial charge in [0.05, 0.1) is 26.9 Å². The van der Waals surface area contributed by atoms with E-state index in [0.29, 0.717) is 12.5 Å². The van der Waals surface area contributed by atoms with E-state index in [1.165, 1.54) is 5.56 Å². The largest absolute Gasteiger partial charge is 0.493 e. The lowest BCUT2D eigenvalue weighted by molar-refractivity contribution is -0.0920. The fourth-order valence-electron chi connectivity index (χ4n) is 3.81. The maximum Gasteiger partial charge on any atom is 0.161 e. The first-order valence-electron chi connectivity index (χ1n) is 8.38. The molecule has 1 fully saturated rings. The van der Waals surface area contributed by atoms with Gasteiger partial charge in [-0.25, -0.2) is 0 Å². The summed E-state index contributed by atoms with van der Waals surface area (Å²) in [5.74, 6) is 2.80. The summed E-state index contributed by atoms with van der Waals surface area (Å²) in [6.45, 7) is 0.711. The van der Waals surface area contributed by atoms with Crippen LogP contribution in [0.3, 0.4) is 0 Å². The molecule has 2 heterocycles. The van der Waals surface area contributed by atoms with Crippen LogP contribution in [0.15, 0.2) is 42.5 Å².